The van der Waals surface area contributed by atoms with Crippen LogP contribution in [0.1, 0.15) is 23.2 Å². The predicted octanol–water partition coefficient (Wildman–Crippen LogP) is -0.0949. The van der Waals surface area contributed by atoms with E-state index >= 15 is 0 Å². The number of nitrogens with one attached hydrogen (secondary N) is 2. The molecule has 3 N–H and O–H groups in total. The Hall–Kier alpha value is -3.04. The molecule has 1 unspecified atom stereocenters. The minimum atomic E-state index is -1.48. The molecule has 1 aliphatic heterocycles. The summed E-state index contributed by atoms with van der Waals surface area (Å²) in [5.41, 5.74) is -1.18. The lowest BCUT2D eigenvalue weighted by Crippen LogP contribution is -2.47. The number of piperidine rings is 1. The zero-order valence-electron chi connectivity index (χ0n) is 10.5. The van der Waals surface area contributed by atoms with Gasteiger partial charge < -0.3 is 10.4 Å². The summed E-state index contributed by atoms with van der Waals surface area (Å²) in [6, 6.07) is 0.225. The third-order valence-corrected chi connectivity index (χ3v) is 2.87. The van der Waals surface area contributed by atoms with Gasteiger partial charge in [-0.2, -0.15) is 0 Å². The van der Waals surface area contributed by atoms with Crippen LogP contribution in [0.5, 0.6) is 0 Å². The van der Waals surface area contributed by atoms with Gasteiger partial charge in [0, 0.05) is 12.5 Å². The number of carbonyl (C=O) groups is 3. The summed E-state index contributed by atoms with van der Waals surface area (Å²) in [6.07, 6.45) is 1.17. The van der Waals surface area contributed by atoms with Crippen LogP contribution < -0.4 is 10.6 Å². The fraction of sp³-hybridized carbons (Fsp3) is 0.273. The number of nitrogens with zero attached hydrogens (tertiary/aromatic N) is 2. The molecule has 2 amide bonds. The van der Waals surface area contributed by atoms with Gasteiger partial charge in [0.25, 0.3) is 0 Å². The zero-order valence-corrected chi connectivity index (χ0v) is 10.5. The van der Waals surface area contributed by atoms with Gasteiger partial charge in [-0.15, -0.1) is 0 Å². The fourth-order valence-electron chi connectivity index (χ4n) is 1.85. The van der Waals surface area contributed by atoms with Crippen molar-refractivity contribution in [3.8, 4) is 0 Å². The van der Waals surface area contributed by atoms with Crippen molar-refractivity contribution in [3.05, 3.63) is 27.9 Å². The molecule has 1 aliphatic rings. The van der Waals surface area contributed by atoms with E-state index < -0.39 is 34.1 Å². The molecule has 1 atom stereocenters. The van der Waals surface area contributed by atoms with E-state index in [0.29, 0.717) is 0 Å². The van der Waals surface area contributed by atoms with Gasteiger partial charge in [-0.05, 0) is 6.42 Å². The highest BCUT2D eigenvalue weighted by atomic mass is 16.6. The fourth-order valence-corrected chi connectivity index (χ4v) is 1.85. The Morgan fingerprint density at radius 1 is 1.52 bits per heavy atom. The number of nitro groups is 1. The highest BCUT2D eigenvalue weighted by molar-refractivity contribution is 6.01. The molecule has 0 aliphatic carbocycles. The van der Waals surface area contributed by atoms with Crippen molar-refractivity contribution in [3.63, 3.8) is 0 Å². The first-order valence-corrected chi connectivity index (χ1v) is 5.86. The number of carboxylic acids is 1. The standard InChI is InChI=1S/C11H10N4O6/c16-9-2-1-6(10(17)14-9)13-8-3-5(11(18)19)7(4-12-8)15(20)21/h3-4,6H,1-2H2,(H,12,13)(H,18,19)(H,14,16,17). The van der Waals surface area contributed by atoms with Crippen molar-refractivity contribution in [1.82, 2.24) is 10.3 Å². The average Bonchev–Trinajstić information content (AvgIpc) is 2.41. The van der Waals surface area contributed by atoms with E-state index in [9.17, 15) is 24.5 Å². The van der Waals surface area contributed by atoms with Crippen LogP contribution in [0.2, 0.25) is 0 Å². The molecule has 0 bridgehead atoms. The van der Waals surface area contributed by atoms with E-state index in [0.717, 1.165) is 12.3 Å². The number of amides is 2. The monoisotopic (exact) mass is 294 g/mol. The number of carbonyl (C=O) groups excluding carboxylic acids is 2. The van der Waals surface area contributed by atoms with Gasteiger partial charge in [0.1, 0.15) is 23.6 Å². The van der Waals surface area contributed by atoms with Gasteiger partial charge in [-0.1, -0.05) is 0 Å². The van der Waals surface area contributed by atoms with Crippen molar-refractivity contribution in [2.24, 2.45) is 0 Å². The largest absolute Gasteiger partial charge is 0.477 e. The molecule has 0 saturated carbocycles. The highest BCUT2D eigenvalue weighted by Crippen LogP contribution is 2.21. The average molecular weight is 294 g/mol. The molecule has 0 spiro atoms. The van der Waals surface area contributed by atoms with Crippen LogP contribution in [0.3, 0.4) is 0 Å². The lowest BCUT2D eigenvalue weighted by Gasteiger charge is -2.22. The molecule has 0 radical (unpaired) electrons. The van der Waals surface area contributed by atoms with Gasteiger partial charge in [0.2, 0.25) is 11.8 Å². The molecule has 1 aromatic rings. The summed E-state index contributed by atoms with van der Waals surface area (Å²) in [7, 11) is 0. The number of rotatable bonds is 4. The summed E-state index contributed by atoms with van der Waals surface area (Å²) >= 11 is 0. The number of anilines is 1. The van der Waals surface area contributed by atoms with Gasteiger partial charge >= 0.3 is 11.7 Å². The smallest absolute Gasteiger partial charge is 0.342 e. The van der Waals surface area contributed by atoms with Crippen LogP contribution in [0, 0.1) is 10.1 Å². The Morgan fingerprint density at radius 3 is 2.81 bits per heavy atom. The van der Waals surface area contributed by atoms with E-state index in [2.05, 4.69) is 15.6 Å². The molecule has 21 heavy (non-hydrogen) atoms. The molecule has 0 aromatic carbocycles. The number of hydrogen-bond acceptors (Lipinski definition) is 7. The van der Waals surface area contributed by atoms with Crippen LogP contribution in [0.25, 0.3) is 0 Å². The molecule has 1 aromatic heterocycles. The van der Waals surface area contributed by atoms with E-state index in [-0.39, 0.29) is 24.6 Å². The Balaban J connectivity index is 2.23. The molecule has 1 saturated heterocycles. The van der Waals surface area contributed by atoms with Crippen LogP contribution in [0.4, 0.5) is 11.5 Å². The Bertz CT molecular complexity index is 644. The Morgan fingerprint density at radius 2 is 2.24 bits per heavy atom. The quantitative estimate of drug-likeness (QED) is 0.395. The Labute approximate surface area is 117 Å². The molecule has 1 fully saturated rings. The SMILES string of the molecule is O=C1CCC(Nc2cc(C(=O)O)c([N+](=O)[O-])cn2)C(=O)N1. The number of pyridine rings is 1. The number of carboxylic acid groups (broad SMARTS) is 1. The molecular formula is C11H10N4O6. The zero-order chi connectivity index (χ0) is 15.6. The van der Waals surface area contributed by atoms with E-state index in [1.54, 1.807) is 0 Å². The third-order valence-electron chi connectivity index (χ3n) is 2.87. The second kappa shape index (κ2) is 5.53. The lowest BCUT2D eigenvalue weighted by molar-refractivity contribution is -0.385. The molecule has 10 nitrogen and oxygen atoms in total. The van der Waals surface area contributed by atoms with Crippen molar-refractivity contribution < 1.29 is 24.4 Å². The molecular weight excluding hydrogens is 284 g/mol. The van der Waals surface area contributed by atoms with Crippen LogP contribution in [0.15, 0.2) is 12.3 Å². The van der Waals surface area contributed by atoms with Crippen molar-refractivity contribution in [1.29, 1.82) is 0 Å². The van der Waals surface area contributed by atoms with Crippen molar-refractivity contribution in [2.75, 3.05) is 5.32 Å². The summed E-state index contributed by atoms with van der Waals surface area (Å²) in [6.45, 7) is 0. The van der Waals surface area contributed by atoms with Crippen molar-refractivity contribution in [2.45, 2.75) is 18.9 Å². The maximum Gasteiger partial charge on any atom is 0.342 e. The number of aromatic nitrogens is 1. The third kappa shape index (κ3) is 3.11. The van der Waals surface area contributed by atoms with Crippen LogP contribution in [-0.2, 0) is 9.59 Å². The van der Waals surface area contributed by atoms with Crippen LogP contribution in [-0.4, -0.2) is 38.8 Å². The predicted molar refractivity (Wildman–Crippen MR) is 67.6 cm³/mol. The topological polar surface area (TPSA) is 152 Å². The maximum atomic E-state index is 11.6. The second-order valence-electron chi connectivity index (χ2n) is 4.30. The van der Waals surface area contributed by atoms with Gasteiger partial charge in [0.15, 0.2) is 0 Å². The van der Waals surface area contributed by atoms with Gasteiger partial charge in [-0.3, -0.25) is 25.0 Å². The highest BCUT2D eigenvalue weighted by Gasteiger charge is 2.28. The van der Waals surface area contributed by atoms with Gasteiger partial charge in [-0.25, -0.2) is 9.78 Å². The van der Waals surface area contributed by atoms with Crippen molar-refractivity contribution >= 4 is 29.3 Å². The first-order chi connectivity index (χ1) is 9.88. The summed E-state index contributed by atoms with van der Waals surface area (Å²) in [5.74, 6) is -2.41. The Kier molecular flexibility index (Phi) is 3.78. The molecule has 10 heteroatoms. The summed E-state index contributed by atoms with van der Waals surface area (Å²) in [4.78, 5) is 47.1. The first-order valence-electron chi connectivity index (χ1n) is 5.86. The normalized spacial score (nSPS) is 18.0. The maximum absolute atomic E-state index is 11.6. The van der Waals surface area contributed by atoms with E-state index in [1.165, 1.54) is 0 Å². The molecule has 2 heterocycles. The first kappa shape index (κ1) is 14.4. The van der Waals surface area contributed by atoms with E-state index in [4.69, 9.17) is 5.11 Å². The summed E-state index contributed by atoms with van der Waals surface area (Å²) in [5, 5.41) is 24.4. The minimum absolute atomic E-state index is 0.00694. The van der Waals surface area contributed by atoms with Crippen LogP contribution >= 0.6 is 0 Å². The minimum Gasteiger partial charge on any atom is -0.477 e. The molecule has 110 valence electrons. The lowest BCUT2D eigenvalue weighted by atomic mass is 10.1. The van der Waals surface area contributed by atoms with E-state index in [1.807, 2.05) is 0 Å². The van der Waals surface area contributed by atoms with Gasteiger partial charge in [0.05, 0.1) is 4.92 Å². The number of imide groups is 1. The molecule has 2 rings (SSSR count). The second-order valence-corrected chi connectivity index (χ2v) is 4.30. The summed E-state index contributed by atoms with van der Waals surface area (Å²) < 4.78 is 0. The number of aromatic carboxylic acids is 1. The number of hydrogen-bond donors (Lipinski definition) is 3.